The van der Waals surface area contributed by atoms with E-state index in [0.717, 1.165) is 22.2 Å². The number of nitrogens with two attached hydrogens (primary N) is 1. The van der Waals surface area contributed by atoms with Gasteiger partial charge in [0.1, 0.15) is 0 Å². The van der Waals surface area contributed by atoms with E-state index in [0.29, 0.717) is 10.7 Å². The fourth-order valence-corrected chi connectivity index (χ4v) is 4.48. The van der Waals surface area contributed by atoms with Gasteiger partial charge in [-0.3, -0.25) is 4.90 Å². The summed E-state index contributed by atoms with van der Waals surface area (Å²) in [6, 6.07) is 10.0. The molecule has 2 N–H and O–H groups in total. The van der Waals surface area contributed by atoms with Crippen molar-refractivity contribution in [3.63, 3.8) is 0 Å². The van der Waals surface area contributed by atoms with Crippen molar-refractivity contribution in [3.05, 3.63) is 77.8 Å². The van der Waals surface area contributed by atoms with Gasteiger partial charge in [-0.15, -0.1) is 5.10 Å². The number of imidazole rings is 1. The van der Waals surface area contributed by atoms with E-state index in [1.807, 2.05) is 17.8 Å². The highest BCUT2D eigenvalue weighted by Gasteiger charge is 2.31. The van der Waals surface area contributed by atoms with Gasteiger partial charge in [-0.05, 0) is 36.4 Å². The van der Waals surface area contributed by atoms with E-state index < -0.39 is 11.7 Å². The van der Waals surface area contributed by atoms with Gasteiger partial charge in [0.15, 0.2) is 16.6 Å². The zero-order valence-electron chi connectivity index (χ0n) is 18.0. The molecule has 0 atom stereocenters. The van der Waals surface area contributed by atoms with Crippen molar-refractivity contribution in [1.82, 2.24) is 29.1 Å². The molecule has 0 bridgehead atoms. The lowest BCUT2D eigenvalue weighted by Gasteiger charge is -2.23. The summed E-state index contributed by atoms with van der Waals surface area (Å²) in [5, 5.41) is 5.53. The third-order valence-electron chi connectivity index (χ3n) is 5.05. The number of hydrogen-bond donors (Lipinski definition) is 1. The second-order valence-corrected chi connectivity index (χ2v) is 8.83. The topological polar surface area (TPSA) is 90.2 Å². The van der Waals surface area contributed by atoms with Crippen LogP contribution in [0, 0.1) is 0 Å². The summed E-state index contributed by atoms with van der Waals surface area (Å²) in [6.45, 7) is 0. The molecule has 5 aromatic rings. The Hall–Kier alpha value is -3.77. The van der Waals surface area contributed by atoms with Crippen LogP contribution in [0.1, 0.15) is 5.56 Å². The minimum atomic E-state index is -4.53. The molecule has 0 radical (unpaired) electrons. The molecule has 0 fully saturated rings. The number of aryl methyl sites for hydroxylation is 1. The molecule has 0 aliphatic carbocycles. The van der Waals surface area contributed by atoms with E-state index in [-0.39, 0.29) is 23.1 Å². The van der Waals surface area contributed by atoms with Crippen LogP contribution in [0.5, 0.6) is 0 Å². The van der Waals surface area contributed by atoms with Gasteiger partial charge < -0.3 is 10.3 Å². The Morgan fingerprint density at radius 1 is 1.03 bits per heavy atom. The van der Waals surface area contributed by atoms with Gasteiger partial charge in [0.25, 0.3) is 5.95 Å². The Balaban J connectivity index is 1.63. The number of aromatic nitrogens is 6. The molecule has 0 spiro atoms. The van der Waals surface area contributed by atoms with Gasteiger partial charge in [-0.2, -0.15) is 18.2 Å². The molecule has 0 unspecified atom stereocenters. The minimum absolute atomic E-state index is 0.101. The van der Waals surface area contributed by atoms with Gasteiger partial charge in [0.2, 0.25) is 0 Å². The van der Waals surface area contributed by atoms with Gasteiger partial charge in [0, 0.05) is 42.4 Å². The SMILES string of the molecule is Cn1ccnc1Sc1ccc(N(c2cccc(C(F)(F)F)c2)c2nc3c(N)nccn3n2)cc1Cl. The Kier molecular flexibility index (Phi) is 5.77. The van der Waals surface area contributed by atoms with Gasteiger partial charge in [0.05, 0.1) is 16.3 Å². The highest BCUT2D eigenvalue weighted by molar-refractivity contribution is 7.99. The number of nitrogens with zero attached hydrogens (tertiary/aromatic N) is 7. The lowest BCUT2D eigenvalue weighted by molar-refractivity contribution is -0.137. The molecule has 0 aliphatic rings. The number of rotatable bonds is 5. The zero-order valence-corrected chi connectivity index (χ0v) is 19.6. The maximum absolute atomic E-state index is 13.5. The molecule has 2 aromatic carbocycles. The molecule has 5 rings (SSSR count). The van der Waals surface area contributed by atoms with Crippen LogP contribution in [-0.2, 0) is 13.2 Å². The Labute approximate surface area is 206 Å². The first-order chi connectivity index (χ1) is 16.7. The molecule has 178 valence electrons. The van der Waals surface area contributed by atoms with Crippen molar-refractivity contribution in [2.45, 2.75) is 16.2 Å². The van der Waals surface area contributed by atoms with E-state index >= 15 is 0 Å². The third-order valence-corrected chi connectivity index (χ3v) is 6.63. The second-order valence-electron chi connectivity index (χ2n) is 7.41. The Morgan fingerprint density at radius 3 is 2.49 bits per heavy atom. The summed E-state index contributed by atoms with van der Waals surface area (Å²) >= 11 is 7.95. The van der Waals surface area contributed by atoms with Gasteiger partial charge in [-0.1, -0.05) is 29.4 Å². The fraction of sp³-hybridized carbons (Fsp3) is 0.0909. The summed E-state index contributed by atoms with van der Waals surface area (Å²) < 4.78 is 43.7. The Morgan fingerprint density at radius 2 is 1.80 bits per heavy atom. The van der Waals surface area contributed by atoms with Crippen molar-refractivity contribution in [2.75, 3.05) is 10.6 Å². The van der Waals surface area contributed by atoms with Crippen molar-refractivity contribution in [1.29, 1.82) is 0 Å². The predicted octanol–water partition coefficient (Wildman–Crippen LogP) is 5.73. The average molecular weight is 517 g/mol. The standard InChI is InChI=1S/C22H16ClF3N8S/c1-32-9-7-29-21(32)35-17-6-5-15(12-16(17)23)34(14-4-2-3-13(11-14)22(24,25)26)20-30-19-18(27)28-8-10-33(19)31-20/h2-12H,1H3,(H2,27,28). The smallest absolute Gasteiger partial charge is 0.381 e. The van der Waals surface area contributed by atoms with E-state index in [9.17, 15) is 13.2 Å². The largest absolute Gasteiger partial charge is 0.416 e. The molecule has 0 saturated carbocycles. The average Bonchev–Trinajstić information content (AvgIpc) is 3.42. The molecule has 35 heavy (non-hydrogen) atoms. The molecule has 0 aliphatic heterocycles. The number of alkyl halides is 3. The van der Waals surface area contributed by atoms with Crippen LogP contribution in [0.3, 0.4) is 0 Å². The summed E-state index contributed by atoms with van der Waals surface area (Å²) in [7, 11) is 1.86. The van der Waals surface area contributed by atoms with Crippen LogP contribution < -0.4 is 10.6 Å². The van der Waals surface area contributed by atoms with E-state index in [1.165, 1.54) is 39.5 Å². The second kappa shape index (κ2) is 8.78. The lowest BCUT2D eigenvalue weighted by atomic mass is 10.1. The van der Waals surface area contributed by atoms with Crippen LogP contribution in [0.2, 0.25) is 5.02 Å². The van der Waals surface area contributed by atoms with Crippen LogP contribution in [0.25, 0.3) is 5.65 Å². The number of hydrogen-bond acceptors (Lipinski definition) is 7. The van der Waals surface area contributed by atoms with Gasteiger partial charge >= 0.3 is 6.18 Å². The van der Waals surface area contributed by atoms with Crippen molar-refractivity contribution >= 4 is 52.2 Å². The maximum Gasteiger partial charge on any atom is 0.416 e. The number of nitrogen functional groups attached to an aromatic ring is 1. The summed E-state index contributed by atoms with van der Waals surface area (Å²) in [5.74, 6) is 0.236. The highest BCUT2D eigenvalue weighted by atomic mass is 35.5. The van der Waals surface area contributed by atoms with Crippen LogP contribution in [0.4, 0.5) is 36.3 Å². The van der Waals surface area contributed by atoms with E-state index in [4.69, 9.17) is 17.3 Å². The molecule has 8 nitrogen and oxygen atoms in total. The Bertz CT molecular complexity index is 1530. The quantitative estimate of drug-likeness (QED) is 0.319. The van der Waals surface area contributed by atoms with Crippen molar-refractivity contribution < 1.29 is 13.2 Å². The van der Waals surface area contributed by atoms with Crippen LogP contribution in [-0.4, -0.2) is 29.1 Å². The van der Waals surface area contributed by atoms with Crippen LogP contribution >= 0.6 is 23.4 Å². The number of fused-ring (bicyclic) bond motifs is 1. The molecule has 13 heteroatoms. The molecule has 0 amide bonds. The van der Waals surface area contributed by atoms with Crippen molar-refractivity contribution in [3.8, 4) is 0 Å². The highest BCUT2D eigenvalue weighted by Crippen LogP contribution is 2.40. The summed E-state index contributed by atoms with van der Waals surface area (Å²) in [4.78, 5) is 14.9. The zero-order chi connectivity index (χ0) is 24.7. The molecule has 0 saturated heterocycles. The fourth-order valence-electron chi connectivity index (χ4n) is 3.38. The summed E-state index contributed by atoms with van der Waals surface area (Å²) in [5.41, 5.74) is 6.04. The van der Waals surface area contributed by atoms with E-state index in [2.05, 4.69) is 20.1 Å². The van der Waals surface area contributed by atoms with Crippen LogP contribution in [0.15, 0.2) is 77.3 Å². The predicted molar refractivity (Wildman–Crippen MR) is 127 cm³/mol. The van der Waals surface area contributed by atoms with Crippen molar-refractivity contribution in [2.24, 2.45) is 7.05 Å². The van der Waals surface area contributed by atoms with Gasteiger partial charge in [-0.25, -0.2) is 14.5 Å². The molecule has 3 heterocycles. The lowest BCUT2D eigenvalue weighted by Crippen LogP contribution is -2.13. The first-order valence-electron chi connectivity index (χ1n) is 10.1. The molecule has 3 aromatic heterocycles. The number of benzene rings is 2. The minimum Gasteiger partial charge on any atom is -0.381 e. The van der Waals surface area contributed by atoms with E-state index in [1.54, 1.807) is 30.6 Å². The molecular formula is C22H16ClF3N8S. The maximum atomic E-state index is 13.5. The first kappa shape index (κ1) is 23.0. The first-order valence-corrected chi connectivity index (χ1v) is 11.3. The monoisotopic (exact) mass is 516 g/mol. The number of halogens is 4. The third kappa shape index (κ3) is 4.49. The number of anilines is 4. The summed E-state index contributed by atoms with van der Waals surface area (Å²) in [6.07, 6.45) is 1.97. The normalized spacial score (nSPS) is 11.8. The molecular weight excluding hydrogens is 501 g/mol.